The zero-order valence-electron chi connectivity index (χ0n) is 17.4. The second kappa shape index (κ2) is 7.96. The Morgan fingerprint density at radius 1 is 1.14 bits per heavy atom. The molecule has 4 heteroatoms. The van der Waals surface area contributed by atoms with Crippen LogP contribution in [0, 0.1) is 0 Å². The molecule has 1 aliphatic heterocycles. The molecule has 1 heterocycles. The predicted molar refractivity (Wildman–Crippen MR) is 112 cm³/mol. The van der Waals surface area contributed by atoms with E-state index in [0.29, 0.717) is 11.3 Å². The van der Waals surface area contributed by atoms with Crippen molar-refractivity contribution in [3.8, 4) is 5.75 Å². The highest BCUT2D eigenvalue weighted by Gasteiger charge is 2.34. The van der Waals surface area contributed by atoms with Crippen molar-refractivity contribution in [3.63, 3.8) is 0 Å². The Bertz CT molecular complexity index is 821. The summed E-state index contributed by atoms with van der Waals surface area (Å²) >= 11 is 0. The van der Waals surface area contributed by atoms with E-state index >= 15 is 0 Å². The van der Waals surface area contributed by atoms with Gasteiger partial charge in [0, 0.05) is 29.6 Å². The number of ether oxygens (including phenoxy) is 1. The number of benzene rings is 2. The van der Waals surface area contributed by atoms with Gasteiger partial charge < -0.3 is 14.7 Å². The van der Waals surface area contributed by atoms with E-state index in [-0.39, 0.29) is 17.9 Å². The van der Waals surface area contributed by atoms with Crippen molar-refractivity contribution in [1.29, 1.82) is 0 Å². The summed E-state index contributed by atoms with van der Waals surface area (Å²) < 4.78 is 5.52. The van der Waals surface area contributed by atoms with Crippen LogP contribution in [0.2, 0.25) is 0 Å². The van der Waals surface area contributed by atoms with Gasteiger partial charge in [-0.3, -0.25) is 4.79 Å². The summed E-state index contributed by atoms with van der Waals surface area (Å²) in [4.78, 5) is 15.0. The number of carbonyl (C=O) groups is 1. The summed E-state index contributed by atoms with van der Waals surface area (Å²) in [5, 5.41) is 9.66. The number of rotatable bonds is 5. The molecular weight excluding hydrogens is 350 g/mol. The molecule has 1 saturated heterocycles. The highest BCUT2D eigenvalue weighted by Crippen LogP contribution is 2.36. The Labute approximate surface area is 168 Å². The summed E-state index contributed by atoms with van der Waals surface area (Å²) in [6.45, 7) is 7.72. The van der Waals surface area contributed by atoms with Crippen LogP contribution in [0.15, 0.2) is 48.5 Å². The van der Waals surface area contributed by atoms with Crippen molar-refractivity contribution in [2.45, 2.75) is 44.4 Å². The van der Waals surface area contributed by atoms with E-state index in [2.05, 4.69) is 31.2 Å². The fourth-order valence-corrected chi connectivity index (χ4v) is 3.98. The largest absolute Gasteiger partial charge is 0.496 e. The number of likely N-dealkylation sites (tertiary alicyclic amines) is 1. The van der Waals surface area contributed by atoms with Gasteiger partial charge in [-0.2, -0.15) is 0 Å². The first-order chi connectivity index (χ1) is 13.3. The maximum absolute atomic E-state index is 13.1. The zero-order chi connectivity index (χ0) is 20.4. The number of nitrogens with zero attached hydrogens (tertiary/aromatic N) is 1. The number of hydrogen-bond acceptors (Lipinski definition) is 3. The first kappa shape index (κ1) is 20.4. The zero-order valence-corrected chi connectivity index (χ0v) is 17.4. The number of carbonyl (C=O) groups excluding carboxylic acids is 1. The standard InChI is InChI=1S/C24H31NO3/c1-23(2,17-26)20-11-10-18(16-21(20)28-4)22(27)25-14-12-24(3,13-15-25)19-8-6-5-7-9-19/h5-11,16,26H,12-15,17H2,1-4H3. The van der Waals surface area contributed by atoms with Gasteiger partial charge in [-0.05, 0) is 36.0 Å². The molecule has 1 amide bonds. The van der Waals surface area contributed by atoms with E-state index in [1.54, 1.807) is 13.2 Å². The molecule has 0 aliphatic carbocycles. The van der Waals surface area contributed by atoms with Crippen molar-refractivity contribution in [1.82, 2.24) is 4.90 Å². The lowest BCUT2D eigenvalue weighted by Gasteiger charge is -2.40. The Morgan fingerprint density at radius 2 is 1.79 bits per heavy atom. The van der Waals surface area contributed by atoms with Crippen molar-refractivity contribution >= 4 is 5.91 Å². The van der Waals surface area contributed by atoms with Gasteiger partial charge in [0.2, 0.25) is 0 Å². The molecule has 28 heavy (non-hydrogen) atoms. The number of aliphatic hydroxyl groups is 1. The number of methoxy groups -OCH3 is 1. The van der Waals surface area contributed by atoms with Crippen molar-refractivity contribution in [3.05, 3.63) is 65.2 Å². The van der Waals surface area contributed by atoms with Crippen LogP contribution in [0.1, 0.15) is 55.1 Å². The lowest BCUT2D eigenvalue weighted by molar-refractivity contribution is 0.0675. The molecule has 0 unspecified atom stereocenters. The van der Waals surface area contributed by atoms with Crippen molar-refractivity contribution in [2.75, 3.05) is 26.8 Å². The van der Waals surface area contributed by atoms with E-state index in [1.165, 1.54) is 5.56 Å². The fraction of sp³-hybridized carbons (Fsp3) is 0.458. The van der Waals surface area contributed by atoms with Crippen LogP contribution in [-0.4, -0.2) is 42.7 Å². The molecule has 0 spiro atoms. The van der Waals surface area contributed by atoms with Crippen molar-refractivity contribution < 1.29 is 14.6 Å². The van der Waals surface area contributed by atoms with Gasteiger partial charge >= 0.3 is 0 Å². The molecule has 0 radical (unpaired) electrons. The minimum atomic E-state index is -0.421. The van der Waals surface area contributed by atoms with Gasteiger partial charge in [0.15, 0.2) is 0 Å². The van der Waals surface area contributed by atoms with Gasteiger partial charge in [0.25, 0.3) is 5.91 Å². The van der Waals surface area contributed by atoms with Crippen LogP contribution in [0.5, 0.6) is 5.75 Å². The van der Waals surface area contributed by atoms with Gasteiger partial charge in [0.1, 0.15) is 5.75 Å². The highest BCUT2D eigenvalue weighted by atomic mass is 16.5. The van der Waals surface area contributed by atoms with E-state index in [0.717, 1.165) is 31.5 Å². The summed E-state index contributed by atoms with van der Waals surface area (Å²) in [5.41, 5.74) is 2.58. The van der Waals surface area contributed by atoms with E-state index in [1.807, 2.05) is 36.9 Å². The minimum absolute atomic E-state index is 0.0147. The molecule has 1 fully saturated rings. The Kier molecular flexibility index (Phi) is 5.80. The van der Waals surface area contributed by atoms with Crippen LogP contribution in [0.4, 0.5) is 0 Å². The monoisotopic (exact) mass is 381 g/mol. The SMILES string of the molecule is COc1cc(C(=O)N2CCC(C)(c3ccccc3)CC2)ccc1C(C)(C)CO. The predicted octanol–water partition coefficient (Wildman–Crippen LogP) is 4.16. The second-order valence-electron chi connectivity index (χ2n) is 8.68. The highest BCUT2D eigenvalue weighted by molar-refractivity contribution is 5.95. The third-order valence-corrected chi connectivity index (χ3v) is 6.20. The van der Waals surface area contributed by atoms with Gasteiger partial charge in [-0.1, -0.05) is 57.2 Å². The smallest absolute Gasteiger partial charge is 0.253 e. The first-order valence-corrected chi connectivity index (χ1v) is 9.95. The van der Waals surface area contributed by atoms with Gasteiger partial charge in [-0.25, -0.2) is 0 Å². The Morgan fingerprint density at radius 3 is 2.36 bits per heavy atom. The third-order valence-electron chi connectivity index (χ3n) is 6.20. The maximum atomic E-state index is 13.1. The van der Waals surface area contributed by atoms with Gasteiger partial charge in [0.05, 0.1) is 13.7 Å². The third kappa shape index (κ3) is 3.93. The molecule has 1 aliphatic rings. The summed E-state index contributed by atoms with van der Waals surface area (Å²) in [6, 6.07) is 16.1. The number of hydrogen-bond donors (Lipinski definition) is 1. The summed E-state index contributed by atoms with van der Waals surface area (Å²) in [6.07, 6.45) is 1.91. The normalized spacial score (nSPS) is 16.7. The molecule has 2 aromatic carbocycles. The van der Waals surface area contributed by atoms with Crippen LogP contribution < -0.4 is 4.74 Å². The molecule has 0 atom stereocenters. The van der Waals surface area contributed by atoms with Crippen LogP contribution in [0.25, 0.3) is 0 Å². The first-order valence-electron chi connectivity index (χ1n) is 9.95. The number of amides is 1. The second-order valence-corrected chi connectivity index (χ2v) is 8.68. The molecule has 4 nitrogen and oxygen atoms in total. The average molecular weight is 382 g/mol. The van der Waals surface area contributed by atoms with Crippen LogP contribution in [-0.2, 0) is 10.8 Å². The van der Waals surface area contributed by atoms with Crippen LogP contribution >= 0.6 is 0 Å². The molecule has 3 rings (SSSR count). The molecule has 0 aromatic heterocycles. The summed E-state index contributed by atoms with van der Waals surface area (Å²) in [5.74, 6) is 0.692. The quantitative estimate of drug-likeness (QED) is 0.846. The molecule has 1 N–H and O–H groups in total. The summed E-state index contributed by atoms with van der Waals surface area (Å²) in [7, 11) is 1.60. The molecule has 150 valence electrons. The Balaban J connectivity index is 1.75. The fourth-order valence-electron chi connectivity index (χ4n) is 3.98. The topological polar surface area (TPSA) is 49.8 Å². The maximum Gasteiger partial charge on any atom is 0.253 e. The molecule has 0 saturated carbocycles. The van der Waals surface area contributed by atoms with E-state index < -0.39 is 5.41 Å². The molecule has 2 aromatic rings. The molecule has 0 bridgehead atoms. The minimum Gasteiger partial charge on any atom is -0.496 e. The Hall–Kier alpha value is -2.33. The molecular formula is C24H31NO3. The average Bonchev–Trinajstić information content (AvgIpc) is 2.74. The van der Waals surface area contributed by atoms with Crippen molar-refractivity contribution in [2.24, 2.45) is 0 Å². The number of piperidine rings is 1. The van der Waals surface area contributed by atoms with E-state index in [4.69, 9.17) is 4.74 Å². The lowest BCUT2D eigenvalue weighted by atomic mass is 9.74. The number of aliphatic hydroxyl groups excluding tert-OH is 1. The van der Waals surface area contributed by atoms with Crippen LogP contribution in [0.3, 0.4) is 0 Å². The van der Waals surface area contributed by atoms with Gasteiger partial charge in [-0.15, -0.1) is 0 Å². The lowest BCUT2D eigenvalue weighted by Crippen LogP contribution is -2.44. The van der Waals surface area contributed by atoms with E-state index in [9.17, 15) is 9.90 Å².